The van der Waals surface area contributed by atoms with Crippen LogP contribution >= 0.6 is 11.8 Å². The first kappa shape index (κ1) is 17.6. The van der Waals surface area contributed by atoms with Gasteiger partial charge in [-0.1, -0.05) is 104 Å². The van der Waals surface area contributed by atoms with Crippen LogP contribution < -0.4 is 0 Å². The van der Waals surface area contributed by atoms with Crippen LogP contribution in [0.4, 0.5) is 0 Å². The minimum absolute atomic E-state index is 1.11. The molecule has 0 saturated carbocycles. The van der Waals surface area contributed by atoms with Gasteiger partial charge in [-0.25, -0.2) is 0 Å². The Morgan fingerprint density at radius 3 is 1.64 bits per heavy atom. The summed E-state index contributed by atoms with van der Waals surface area (Å²) >= 11 is 1.91. The predicted molar refractivity (Wildman–Crippen MR) is 111 cm³/mol. The first-order valence-corrected chi connectivity index (χ1v) is 9.77. The van der Waals surface area contributed by atoms with Gasteiger partial charge in [0, 0.05) is 4.90 Å². The van der Waals surface area contributed by atoms with E-state index >= 15 is 0 Å². The molecule has 126 valence electrons. The number of rotatable bonds is 7. The molecule has 0 aliphatic rings. The molecule has 0 N–H and O–H groups in total. The van der Waals surface area contributed by atoms with Crippen molar-refractivity contribution in [3.63, 3.8) is 0 Å². The van der Waals surface area contributed by atoms with Gasteiger partial charge in [-0.3, -0.25) is 0 Å². The SMILES string of the molecule is CCCCC(Sc1ccccc1)=C(c1ccccc1)c1ccccc1. The number of thioether (sulfide) groups is 1. The molecule has 0 atom stereocenters. The average molecular weight is 345 g/mol. The lowest BCUT2D eigenvalue weighted by atomic mass is 9.96. The van der Waals surface area contributed by atoms with Crippen molar-refractivity contribution in [3.8, 4) is 0 Å². The number of hydrogen-bond acceptors (Lipinski definition) is 1. The van der Waals surface area contributed by atoms with E-state index in [0.29, 0.717) is 0 Å². The summed E-state index contributed by atoms with van der Waals surface area (Å²) < 4.78 is 0. The highest BCUT2D eigenvalue weighted by atomic mass is 32.2. The molecule has 3 rings (SSSR count). The largest absolute Gasteiger partial charge is 0.0939 e. The third kappa shape index (κ3) is 4.87. The number of unbranched alkanes of at least 4 members (excludes halogenated alkanes) is 1. The molecule has 0 saturated heterocycles. The summed E-state index contributed by atoms with van der Waals surface area (Å²) in [4.78, 5) is 2.75. The normalized spacial score (nSPS) is 10.4. The predicted octanol–water partition coefficient (Wildman–Crippen LogP) is 7.43. The number of allylic oxidation sites excluding steroid dienone is 1. The molecule has 1 heteroatoms. The highest BCUT2D eigenvalue weighted by molar-refractivity contribution is 8.03. The first-order valence-electron chi connectivity index (χ1n) is 8.95. The molecule has 0 nitrogen and oxygen atoms in total. The molecule has 3 aromatic rings. The van der Waals surface area contributed by atoms with Gasteiger partial charge in [0.1, 0.15) is 0 Å². The molecule has 0 aromatic heterocycles. The van der Waals surface area contributed by atoms with Gasteiger partial charge in [0.05, 0.1) is 0 Å². The smallest absolute Gasteiger partial charge is 0.0119 e. The molecule has 0 amide bonds. The average Bonchev–Trinajstić information content (AvgIpc) is 2.69. The second kappa shape index (κ2) is 9.29. The Morgan fingerprint density at radius 1 is 0.680 bits per heavy atom. The van der Waals surface area contributed by atoms with Gasteiger partial charge in [-0.15, -0.1) is 0 Å². The number of benzene rings is 3. The van der Waals surface area contributed by atoms with Gasteiger partial charge in [0.15, 0.2) is 0 Å². The maximum Gasteiger partial charge on any atom is 0.0119 e. The highest BCUT2D eigenvalue weighted by Gasteiger charge is 2.13. The Kier molecular flexibility index (Phi) is 6.53. The van der Waals surface area contributed by atoms with Crippen molar-refractivity contribution in [3.05, 3.63) is 107 Å². The monoisotopic (exact) mass is 344 g/mol. The summed E-state index contributed by atoms with van der Waals surface area (Å²) in [6, 6.07) is 32.3. The van der Waals surface area contributed by atoms with Crippen LogP contribution in [0.25, 0.3) is 5.57 Å². The fourth-order valence-corrected chi connectivity index (χ4v) is 4.06. The van der Waals surface area contributed by atoms with E-state index in [2.05, 4.69) is 97.9 Å². The van der Waals surface area contributed by atoms with Gasteiger partial charge < -0.3 is 0 Å². The minimum atomic E-state index is 1.11. The van der Waals surface area contributed by atoms with Crippen molar-refractivity contribution in [2.45, 2.75) is 31.1 Å². The third-order valence-corrected chi connectivity index (χ3v) is 5.31. The molecule has 0 aliphatic heterocycles. The van der Waals surface area contributed by atoms with Crippen LogP contribution in [0.2, 0.25) is 0 Å². The molecule has 0 aliphatic carbocycles. The molecule has 0 radical (unpaired) electrons. The van der Waals surface area contributed by atoms with Crippen molar-refractivity contribution < 1.29 is 0 Å². The Morgan fingerprint density at radius 2 is 1.16 bits per heavy atom. The van der Waals surface area contributed by atoms with Crippen molar-refractivity contribution in [1.82, 2.24) is 0 Å². The summed E-state index contributed by atoms with van der Waals surface area (Å²) in [5, 5.41) is 0. The van der Waals surface area contributed by atoms with Gasteiger partial charge in [0.25, 0.3) is 0 Å². The molecule has 0 unspecified atom stereocenters. The van der Waals surface area contributed by atoms with E-state index in [-0.39, 0.29) is 0 Å². The minimum Gasteiger partial charge on any atom is -0.0939 e. The summed E-state index contributed by atoms with van der Waals surface area (Å²) in [5.74, 6) is 0. The van der Waals surface area contributed by atoms with Crippen LogP contribution in [0.3, 0.4) is 0 Å². The van der Waals surface area contributed by atoms with E-state index < -0.39 is 0 Å². The fraction of sp³-hybridized carbons (Fsp3) is 0.167. The maximum atomic E-state index is 2.26. The van der Waals surface area contributed by atoms with Crippen LogP contribution in [0.1, 0.15) is 37.3 Å². The molecule has 0 bridgehead atoms. The number of hydrogen-bond donors (Lipinski definition) is 0. The van der Waals surface area contributed by atoms with E-state index in [1.54, 1.807) is 0 Å². The van der Waals surface area contributed by atoms with E-state index in [4.69, 9.17) is 0 Å². The summed E-state index contributed by atoms with van der Waals surface area (Å²) in [6.07, 6.45) is 3.52. The Hall–Kier alpha value is -2.25. The van der Waals surface area contributed by atoms with Crippen LogP contribution in [0.15, 0.2) is 101 Å². The second-order valence-corrected chi connectivity index (χ2v) is 7.22. The standard InChI is InChI=1S/C24H24S/c1-2-3-19-23(25-22-17-11-6-12-18-22)24(20-13-7-4-8-14-20)21-15-9-5-10-16-21/h4-18H,2-3,19H2,1H3. The molecular formula is C24H24S. The second-order valence-electron chi connectivity index (χ2n) is 6.05. The van der Waals surface area contributed by atoms with Crippen molar-refractivity contribution >= 4 is 17.3 Å². The van der Waals surface area contributed by atoms with Crippen molar-refractivity contribution in [2.75, 3.05) is 0 Å². The van der Waals surface area contributed by atoms with Gasteiger partial charge in [-0.2, -0.15) is 0 Å². The lowest BCUT2D eigenvalue weighted by Gasteiger charge is -2.16. The van der Waals surface area contributed by atoms with Crippen LogP contribution in [-0.2, 0) is 0 Å². The molecule has 0 fully saturated rings. The van der Waals surface area contributed by atoms with Crippen molar-refractivity contribution in [1.29, 1.82) is 0 Å². The summed E-state index contributed by atoms with van der Waals surface area (Å²) in [6.45, 7) is 2.26. The van der Waals surface area contributed by atoms with Gasteiger partial charge in [0.2, 0.25) is 0 Å². The van der Waals surface area contributed by atoms with E-state index in [9.17, 15) is 0 Å². The van der Waals surface area contributed by atoms with E-state index in [1.807, 2.05) is 11.8 Å². The topological polar surface area (TPSA) is 0 Å². The molecule has 25 heavy (non-hydrogen) atoms. The van der Waals surface area contributed by atoms with E-state index in [1.165, 1.54) is 39.3 Å². The zero-order chi connectivity index (χ0) is 17.3. The third-order valence-electron chi connectivity index (χ3n) is 4.15. The van der Waals surface area contributed by atoms with Gasteiger partial charge in [-0.05, 0) is 46.6 Å². The fourth-order valence-electron chi connectivity index (χ4n) is 2.89. The van der Waals surface area contributed by atoms with Crippen LogP contribution in [-0.4, -0.2) is 0 Å². The zero-order valence-electron chi connectivity index (χ0n) is 14.7. The molecule has 3 aromatic carbocycles. The van der Waals surface area contributed by atoms with E-state index in [0.717, 1.165) is 6.42 Å². The maximum absolute atomic E-state index is 2.26. The van der Waals surface area contributed by atoms with Crippen molar-refractivity contribution in [2.24, 2.45) is 0 Å². The zero-order valence-corrected chi connectivity index (χ0v) is 15.5. The summed E-state index contributed by atoms with van der Waals surface area (Å²) in [7, 11) is 0. The Balaban J connectivity index is 2.11. The quantitative estimate of drug-likeness (QED) is 0.402. The molecule has 0 heterocycles. The Labute approximate surface area is 155 Å². The summed E-state index contributed by atoms with van der Waals surface area (Å²) in [5.41, 5.74) is 3.95. The van der Waals surface area contributed by atoms with Crippen LogP contribution in [0.5, 0.6) is 0 Å². The van der Waals surface area contributed by atoms with Crippen LogP contribution in [0, 0.1) is 0 Å². The Bertz CT molecular complexity index is 748. The first-order chi connectivity index (χ1) is 12.4. The molecular weight excluding hydrogens is 320 g/mol. The molecule has 0 spiro atoms. The lowest BCUT2D eigenvalue weighted by Crippen LogP contribution is -1.93. The highest BCUT2D eigenvalue weighted by Crippen LogP contribution is 2.39. The van der Waals surface area contributed by atoms with Gasteiger partial charge >= 0.3 is 0 Å². The lowest BCUT2D eigenvalue weighted by molar-refractivity contribution is 0.809.